The first-order chi connectivity index (χ1) is 12.1. The summed E-state index contributed by atoms with van der Waals surface area (Å²) in [6.07, 6.45) is 3.03. The van der Waals surface area contributed by atoms with Crippen molar-refractivity contribution in [3.63, 3.8) is 0 Å². The molecule has 4 rings (SSSR count). The Hall–Kier alpha value is -1.28. The van der Waals surface area contributed by atoms with Crippen LogP contribution in [0.3, 0.4) is 0 Å². The van der Waals surface area contributed by atoms with Gasteiger partial charge in [0.25, 0.3) is 0 Å². The van der Waals surface area contributed by atoms with Crippen molar-refractivity contribution in [3.8, 4) is 10.6 Å². The second-order valence-corrected chi connectivity index (χ2v) is 9.75. The SMILES string of the molecule is O=S1(=O)CCCN1Cc1cccc(-c2nc(C3CCNCC3)cs2)c1. The lowest BCUT2D eigenvalue weighted by Gasteiger charge is -2.20. The summed E-state index contributed by atoms with van der Waals surface area (Å²) in [5.41, 5.74) is 3.31. The Bertz CT molecular complexity index is 842. The fraction of sp³-hybridized carbons (Fsp3) is 0.500. The van der Waals surface area contributed by atoms with Crippen LogP contribution in [0.2, 0.25) is 0 Å². The highest BCUT2D eigenvalue weighted by Crippen LogP contribution is 2.31. The smallest absolute Gasteiger partial charge is 0.214 e. The first kappa shape index (κ1) is 17.1. The van der Waals surface area contributed by atoms with Crippen LogP contribution in [-0.2, 0) is 16.6 Å². The van der Waals surface area contributed by atoms with E-state index in [2.05, 4.69) is 22.8 Å². The second kappa shape index (κ2) is 7.15. The molecule has 0 atom stereocenters. The molecule has 0 saturated carbocycles. The second-order valence-electron chi connectivity index (χ2n) is 6.81. The summed E-state index contributed by atoms with van der Waals surface area (Å²) in [5, 5.41) is 6.60. The third-order valence-corrected chi connectivity index (χ3v) is 7.83. The van der Waals surface area contributed by atoms with Crippen molar-refractivity contribution in [2.24, 2.45) is 0 Å². The van der Waals surface area contributed by atoms with Gasteiger partial charge in [-0.1, -0.05) is 18.2 Å². The molecule has 2 aromatic rings. The molecule has 2 aliphatic heterocycles. The van der Waals surface area contributed by atoms with E-state index >= 15 is 0 Å². The van der Waals surface area contributed by atoms with Gasteiger partial charge >= 0.3 is 0 Å². The number of nitrogens with zero attached hydrogens (tertiary/aromatic N) is 2. The maximum absolute atomic E-state index is 12.0. The first-order valence-electron chi connectivity index (χ1n) is 8.85. The molecule has 0 radical (unpaired) electrons. The lowest BCUT2D eigenvalue weighted by atomic mass is 9.95. The molecule has 0 amide bonds. The van der Waals surface area contributed by atoms with Crippen molar-refractivity contribution in [2.45, 2.75) is 31.7 Å². The van der Waals surface area contributed by atoms with Crippen LogP contribution in [0.1, 0.15) is 36.4 Å². The van der Waals surface area contributed by atoms with Crippen LogP contribution in [0.4, 0.5) is 0 Å². The van der Waals surface area contributed by atoms with Crippen LogP contribution >= 0.6 is 11.3 Å². The molecule has 2 aliphatic rings. The average Bonchev–Trinajstić information content (AvgIpc) is 3.23. The topological polar surface area (TPSA) is 62.3 Å². The van der Waals surface area contributed by atoms with Gasteiger partial charge in [-0.25, -0.2) is 13.4 Å². The third-order valence-electron chi connectivity index (χ3n) is 5.02. The van der Waals surface area contributed by atoms with Gasteiger partial charge < -0.3 is 5.32 Å². The largest absolute Gasteiger partial charge is 0.317 e. The Labute approximate surface area is 153 Å². The summed E-state index contributed by atoms with van der Waals surface area (Å²) in [4.78, 5) is 4.86. The number of hydrogen-bond acceptors (Lipinski definition) is 5. The fourth-order valence-electron chi connectivity index (χ4n) is 3.60. The highest BCUT2D eigenvalue weighted by Gasteiger charge is 2.28. The molecule has 134 valence electrons. The first-order valence-corrected chi connectivity index (χ1v) is 11.3. The molecule has 0 aliphatic carbocycles. The minimum absolute atomic E-state index is 0.277. The number of sulfonamides is 1. The van der Waals surface area contributed by atoms with Gasteiger partial charge in [0.1, 0.15) is 5.01 Å². The fourth-order valence-corrected chi connectivity index (χ4v) is 6.00. The van der Waals surface area contributed by atoms with Crippen molar-refractivity contribution < 1.29 is 8.42 Å². The molecule has 1 aromatic carbocycles. The highest BCUT2D eigenvalue weighted by atomic mass is 32.2. The Kier molecular flexibility index (Phi) is 4.90. The van der Waals surface area contributed by atoms with Crippen molar-refractivity contribution in [1.29, 1.82) is 0 Å². The quantitative estimate of drug-likeness (QED) is 0.890. The van der Waals surface area contributed by atoms with Crippen LogP contribution in [-0.4, -0.2) is 43.1 Å². The Morgan fingerprint density at radius 2 is 2.12 bits per heavy atom. The Balaban J connectivity index is 1.52. The van der Waals surface area contributed by atoms with Crippen LogP contribution in [0, 0.1) is 0 Å². The number of nitrogens with one attached hydrogen (secondary N) is 1. The van der Waals surface area contributed by atoms with Crippen LogP contribution in [0.25, 0.3) is 10.6 Å². The van der Waals surface area contributed by atoms with E-state index in [0.29, 0.717) is 19.0 Å². The van der Waals surface area contributed by atoms with E-state index in [1.54, 1.807) is 15.6 Å². The van der Waals surface area contributed by atoms with Gasteiger partial charge in [0.2, 0.25) is 10.0 Å². The van der Waals surface area contributed by atoms with E-state index in [1.807, 2.05) is 12.1 Å². The maximum atomic E-state index is 12.0. The number of rotatable bonds is 4. The molecule has 0 spiro atoms. The zero-order chi connectivity index (χ0) is 17.3. The minimum Gasteiger partial charge on any atom is -0.317 e. The van der Waals surface area contributed by atoms with Crippen molar-refractivity contribution in [2.75, 3.05) is 25.4 Å². The summed E-state index contributed by atoms with van der Waals surface area (Å²) < 4.78 is 25.6. The molecule has 3 heterocycles. The zero-order valence-corrected chi connectivity index (χ0v) is 15.8. The minimum atomic E-state index is -3.06. The molecular weight excluding hydrogens is 354 g/mol. The summed E-state index contributed by atoms with van der Waals surface area (Å²) in [7, 11) is -3.06. The van der Waals surface area contributed by atoms with Crippen molar-refractivity contribution in [1.82, 2.24) is 14.6 Å². The van der Waals surface area contributed by atoms with E-state index in [-0.39, 0.29) is 5.75 Å². The Morgan fingerprint density at radius 1 is 1.28 bits per heavy atom. The van der Waals surface area contributed by atoms with Gasteiger partial charge in [0.15, 0.2) is 0 Å². The van der Waals surface area contributed by atoms with Crippen LogP contribution in [0.15, 0.2) is 29.6 Å². The Morgan fingerprint density at radius 3 is 2.88 bits per heavy atom. The van der Waals surface area contributed by atoms with E-state index in [4.69, 9.17) is 4.98 Å². The van der Waals surface area contributed by atoms with Gasteiger partial charge in [-0.2, -0.15) is 4.31 Å². The molecule has 1 aromatic heterocycles. The van der Waals surface area contributed by atoms with Gasteiger partial charge in [-0.3, -0.25) is 0 Å². The summed E-state index contributed by atoms with van der Waals surface area (Å²) in [5.74, 6) is 0.836. The van der Waals surface area contributed by atoms with Crippen LogP contribution < -0.4 is 5.32 Å². The summed E-state index contributed by atoms with van der Waals surface area (Å²) >= 11 is 1.68. The molecule has 0 unspecified atom stereocenters. The van der Waals surface area contributed by atoms with Gasteiger partial charge in [-0.05, 0) is 44.0 Å². The number of piperidine rings is 1. The predicted octanol–water partition coefficient (Wildman–Crippen LogP) is 2.81. The third kappa shape index (κ3) is 3.79. The molecular formula is C18H23N3O2S2. The number of benzene rings is 1. The van der Waals surface area contributed by atoms with Crippen LogP contribution in [0.5, 0.6) is 0 Å². The summed E-state index contributed by atoms with van der Waals surface area (Å²) in [6, 6.07) is 8.14. The molecule has 25 heavy (non-hydrogen) atoms. The normalized spacial score (nSPS) is 21.6. The zero-order valence-electron chi connectivity index (χ0n) is 14.1. The molecule has 7 heteroatoms. The van der Waals surface area contributed by atoms with E-state index in [1.165, 1.54) is 5.69 Å². The average molecular weight is 378 g/mol. The van der Waals surface area contributed by atoms with E-state index in [9.17, 15) is 8.42 Å². The lowest BCUT2D eigenvalue weighted by Crippen LogP contribution is -2.26. The molecule has 5 nitrogen and oxygen atoms in total. The molecule has 2 fully saturated rings. The maximum Gasteiger partial charge on any atom is 0.214 e. The standard InChI is InChI=1S/C18H23N3O2S2/c22-25(23)10-2-9-21(25)12-14-3-1-4-16(11-14)18-20-17(13-24-18)15-5-7-19-8-6-15/h1,3-4,11,13,15,19H,2,5-10,12H2. The van der Waals surface area contributed by atoms with Crippen molar-refractivity contribution in [3.05, 3.63) is 40.9 Å². The number of thiazole rings is 1. The molecule has 2 saturated heterocycles. The number of hydrogen-bond donors (Lipinski definition) is 1. The summed E-state index contributed by atoms with van der Waals surface area (Å²) in [6.45, 7) is 3.22. The number of aromatic nitrogens is 1. The molecule has 1 N–H and O–H groups in total. The molecule has 0 bridgehead atoms. The van der Waals surface area contributed by atoms with Gasteiger partial charge in [-0.15, -0.1) is 11.3 Å². The monoisotopic (exact) mass is 377 g/mol. The van der Waals surface area contributed by atoms with E-state index in [0.717, 1.165) is 48.5 Å². The van der Waals surface area contributed by atoms with Crippen molar-refractivity contribution >= 4 is 21.4 Å². The highest BCUT2D eigenvalue weighted by molar-refractivity contribution is 7.89. The lowest BCUT2D eigenvalue weighted by molar-refractivity contribution is 0.440. The van der Waals surface area contributed by atoms with Gasteiger partial charge in [0.05, 0.1) is 11.4 Å². The van der Waals surface area contributed by atoms with Gasteiger partial charge in [0, 0.05) is 30.0 Å². The predicted molar refractivity (Wildman–Crippen MR) is 101 cm³/mol. The van der Waals surface area contributed by atoms with E-state index < -0.39 is 10.0 Å².